The summed E-state index contributed by atoms with van der Waals surface area (Å²) in [5.41, 5.74) is 14.6. The van der Waals surface area contributed by atoms with E-state index in [2.05, 4.69) is 51.6 Å². The van der Waals surface area contributed by atoms with Crippen LogP contribution in [-0.4, -0.2) is 83.9 Å². The van der Waals surface area contributed by atoms with Gasteiger partial charge in [0.2, 0.25) is 0 Å². The maximum absolute atomic E-state index is 11.1. The molecule has 0 amide bonds. The molecule has 1 unspecified atom stereocenters. The molecular weight excluding hydrogens is 420 g/mol. The number of thiophene rings is 1. The highest BCUT2D eigenvalue weighted by Gasteiger charge is 2.32. The van der Waals surface area contributed by atoms with E-state index in [1.54, 1.807) is 17.7 Å². The van der Waals surface area contributed by atoms with Gasteiger partial charge >= 0.3 is 0 Å². The molecule has 1 saturated heterocycles. The van der Waals surface area contributed by atoms with E-state index in [1.165, 1.54) is 10.4 Å². The topological polar surface area (TPSA) is 73.4 Å². The number of aromatic nitrogens is 2. The third-order valence-corrected chi connectivity index (χ3v) is 7.94. The second-order valence-corrected chi connectivity index (χ2v) is 10.4. The lowest BCUT2D eigenvalue weighted by Gasteiger charge is -2.37. The van der Waals surface area contributed by atoms with Crippen molar-refractivity contribution in [1.29, 1.82) is 0 Å². The number of rotatable bonds is 5. The molecule has 0 aliphatic carbocycles. The van der Waals surface area contributed by atoms with Crippen LogP contribution in [0, 0.1) is 0 Å². The Balaban J connectivity index is 1.16. The first-order chi connectivity index (χ1) is 15.5. The number of likely N-dealkylation sites (N-methyl/N-ethyl adjacent to an activating group) is 1. The van der Waals surface area contributed by atoms with E-state index in [9.17, 15) is 5.73 Å². The number of fused-ring (bicyclic) bond motifs is 3. The molecule has 170 valence electrons. The minimum Gasteiger partial charge on any atom is -0.354 e. The molecule has 1 atom stereocenters. The molecule has 0 N–H and O–H groups in total. The molecule has 3 aliphatic rings. The molecule has 2 aromatic heterocycles. The van der Waals surface area contributed by atoms with Crippen LogP contribution in [0.1, 0.15) is 47.6 Å². The predicted molar refractivity (Wildman–Crippen MR) is 129 cm³/mol. The van der Waals surface area contributed by atoms with Gasteiger partial charge in [0.15, 0.2) is 0 Å². The van der Waals surface area contributed by atoms with Gasteiger partial charge in [0.25, 0.3) is 0 Å². The molecule has 0 bridgehead atoms. The van der Waals surface area contributed by atoms with Crippen LogP contribution in [0.25, 0.3) is 0 Å². The standard InChI is InChI=1S/C23H32N8S/c1-16(2)18-12-20(26-14-25-18)30-9-6-29(7-10-30)8-11-31-15-27-23-21(22(31)24)17-4-5-28(3)13-19(17)32-23/h12,14-16,22H,4-11,13H2,1-3H3. The van der Waals surface area contributed by atoms with E-state index in [0.717, 1.165) is 80.9 Å². The highest BCUT2D eigenvalue weighted by Crippen LogP contribution is 2.44. The fourth-order valence-electron chi connectivity index (χ4n) is 4.75. The Morgan fingerprint density at radius 2 is 1.94 bits per heavy atom. The molecule has 5 heterocycles. The first kappa shape index (κ1) is 21.8. The van der Waals surface area contributed by atoms with Crippen molar-refractivity contribution < 1.29 is 0 Å². The Morgan fingerprint density at radius 1 is 1.12 bits per heavy atom. The van der Waals surface area contributed by atoms with E-state index in [0.29, 0.717) is 5.92 Å². The fourth-order valence-corrected chi connectivity index (χ4v) is 6.04. The van der Waals surface area contributed by atoms with Crippen LogP contribution in [-0.2, 0) is 13.0 Å². The summed E-state index contributed by atoms with van der Waals surface area (Å²) in [6.07, 6.45) is 3.94. The molecule has 2 aromatic rings. The highest BCUT2D eigenvalue weighted by molar-refractivity contribution is 7.16. The molecule has 5 rings (SSSR count). The Kier molecular flexibility index (Phi) is 6.16. The maximum Gasteiger partial charge on any atom is 0.144 e. The van der Waals surface area contributed by atoms with Crippen molar-refractivity contribution in [2.24, 2.45) is 4.99 Å². The SMILES string of the molecule is CC(C)c1cc(N2CCN(CCN3C=Nc4sc5c(c4C3[N])CCN(C)C5)CC2)ncn1. The number of hydrogen-bond donors (Lipinski definition) is 0. The zero-order valence-electron chi connectivity index (χ0n) is 19.2. The molecule has 0 saturated carbocycles. The summed E-state index contributed by atoms with van der Waals surface area (Å²) in [5, 5.41) is 0.994. The van der Waals surface area contributed by atoms with Gasteiger partial charge in [-0.05, 0) is 24.9 Å². The summed E-state index contributed by atoms with van der Waals surface area (Å²) >= 11 is 1.74. The van der Waals surface area contributed by atoms with Crippen molar-refractivity contribution in [2.45, 2.75) is 38.9 Å². The van der Waals surface area contributed by atoms with Gasteiger partial charge in [0, 0.05) is 74.6 Å². The monoisotopic (exact) mass is 452 g/mol. The van der Waals surface area contributed by atoms with Crippen LogP contribution in [0.2, 0.25) is 0 Å². The Labute approximate surface area is 194 Å². The van der Waals surface area contributed by atoms with Crippen LogP contribution in [0.4, 0.5) is 10.8 Å². The van der Waals surface area contributed by atoms with Gasteiger partial charge in [-0.3, -0.25) is 4.90 Å². The summed E-state index contributed by atoms with van der Waals surface area (Å²) in [5.74, 6) is 1.44. The third kappa shape index (κ3) is 4.26. The molecule has 0 aromatic carbocycles. The average Bonchev–Trinajstić information content (AvgIpc) is 3.17. The highest BCUT2D eigenvalue weighted by atomic mass is 32.1. The van der Waals surface area contributed by atoms with Gasteiger partial charge in [0.05, 0.1) is 6.34 Å². The Morgan fingerprint density at radius 3 is 2.72 bits per heavy atom. The van der Waals surface area contributed by atoms with Crippen LogP contribution < -0.4 is 10.6 Å². The number of nitrogens with zero attached hydrogens (tertiary/aromatic N) is 8. The molecule has 32 heavy (non-hydrogen) atoms. The lowest BCUT2D eigenvalue weighted by molar-refractivity contribution is 0.214. The van der Waals surface area contributed by atoms with E-state index in [1.807, 2.05) is 11.2 Å². The van der Waals surface area contributed by atoms with E-state index in [-0.39, 0.29) is 0 Å². The lowest BCUT2D eigenvalue weighted by atomic mass is 10.0. The first-order valence-electron chi connectivity index (χ1n) is 11.6. The number of piperazine rings is 1. The summed E-state index contributed by atoms with van der Waals surface area (Å²) in [6, 6.07) is 2.12. The van der Waals surface area contributed by atoms with Crippen molar-refractivity contribution in [1.82, 2.24) is 30.4 Å². The second-order valence-electron chi connectivity index (χ2n) is 9.35. The van der Waals surface area contributed by atoms with E-state index < -0.39 is 6.17 Å². The molecule has 8 nitrogen and oxygen atoms in total. The van der Waals surface area contributed by atoms with Crippen molar-refractivity contribution >= 4 is 28.5 Å². The van der Waals surface area contributed by atoms with Crippen LogP contribution in [0.15, 0.2) is 17.4 Å². The smallest absolute Gasteiger partial charge is 0.144 e. The first-order valence-corrected chi connectivity index (χ1v) is 12.4. The van der Waals surface area contributed by atoms with Gasteiger partial charge in [-0.2, -0.15) is 0 Å². The zero-order valence-corrected chi connectivity index (χ0v) is 20.1. The molecule has 2 radical (unpaired) electrons. The maximum atomic E-state index is 11.1. The molecular formula is C23H32N8S. The van der Waals surface area contributed by atoms with Gasteiger partial charge in [-0.1, -0.05) is 13.8 Å². The van der Waals surface area contributed by atoms with Gasteiger partial charge in [-0.15, -0.1) is 17.1 Å². The Hall–Kier alpha value is -2.07. The molecule has 9 heteroatoms. The van der Waals surface area contributed by atoms with E-state index in [4.69, 9.17) is 4.99 Å². The lowest BCUT2D eigenvalue weighted by Crippen LogP contribution is -2.49. The van der Waals surface area contributed by atoms with Crippen molar-refractivity contribution in [2.75, 3.05) is 57.8 Å². The van der Waals surface area contributed by atoms with Gasteiger partial charge in [-0.25, -0.2) is 15.0 Å². The van der Waals surface area contributed by atoms with Crippen molar-refractivity contribution in [3.63, 3.8) is 0 Å². The minimum atomic E-state index is -0.581. The number of hydrogen-bond acceptors (Lipinski definition) is 8. The van der Waals surface area contributed by atoms with Crippen LogP contribution >= 0.6 is 11.3 Å². The molecule has 0 spiro atoms. The van der Waals surface area contributed by atoms with Crippen LogP contribution in [0.5, 0.6) is 0 Å². The van der Waals surface area contributed by atoms with E-state index >= 15 is 0 Å². The normalized spacial score (nSPS) is 21.8. The number of aliphatic imine (C=N–C) groups is 1. The van der Waals surface area contributed by atoms with Crippen LogP contribution in [0.3, 0.4) is 0 Å². The summed E-state index contributed by atoms with van der Waals surface area (Å²) < 4.78 is 0. The summed E-state index contributed by atoms with van der Waals surface area (Å²) in [4.78, 5) is 24.1. The summed E-state index contributed by atoms with van der Waals surface area (Å²) in [7, 11) is 2.15. The zero-order chi connectivity index (χ0) is 22.2. The average molecular weight is 453 g/mol. The largest absolute Gasteiger partial charge is 0.354 e. The minimum absolute atomic E-state index is 0.408. The molecule has 1 fully saturated rings. The Bertz CT molecular complexity index is 978. The van der Waals surface area contributed by atoms with Gasteiger partial charge < -0.3 is 14.7 Å². The summed E-state index contributed by atoms with van der Waals surface area (Å²) in [6.45, 7) is 11.9. The molecule has 3 aliphatic heterocycles. The quantitative estimate of drug-likeness (QED) is 0.694. The van der Waals surface area contributed by atoms with Crippen molar-refractivity contribution in [3.8, 4) is 0 Å². The fraction of sp³-hybridized carbons (Fsp3) is 0.609. The van der Waals surface area contributed by atoms with Crippen molar-refractivity contribution in [3.05, 3.63) is 34.1 Å². The predicted octanol–water partition coefficient (Wildman–Crippen LogP) is 2.51. The van der Waals surface area contributed by atoms with Gasteiger partial charge in [0.1, 0.15) is 23.3 Å². The third-order valence-electron chi connectivity index (χ3n) is 6.80. The second kappa shape index (κ2) is 9.05. The number of anilines is 1.